The molecule has 4 rings (SSSR count). The van der Waals surface area contributed by atoms with E-state index in [1.165, 1.54) is 11.1 Å². The number of aliphatic hydroxyl groups excluding tert-OH is 1. The van der Waals surface area contributed by atoms with Crippen LogP contribution in [0.3, 0.4) is 0 Å². The predicted octanol–water partition coefficient (Wildman–Crippen LogP) is 3.89. The van der Waals surface area contributed by atoms with Gasteiger partial charge in [0.2, 0.25) is 0 Å². The molecule has 3 aliphatic carbocycles. The summed E-state index contributed by atoms with van der Waals surface area (Å²) in [5.74, 6) is 2.37. The van der Waals surface area contributed by atoms with Crippen molar-refractivity contribution in [1.29, 1.82) is 0 Å². The number of hydrogen-bond donors (Lipinski definition) is 2. The number of rotatable bonds is 5. The van der Waals surface area contributed by atoms with Crippen LogP contribution in [0.5, 0.6) is 5.75 Å². The number of aliphatic hydroxyl groups is 1. The average Bonchev–Trinajstić information content (AvgIpc) is 2.89. The Labute approximate surface area is 176 Å². The van der Waals surface area contributed by atoms with Crippen LogP contribution in [0.15, 0.2) is 18.2 Å². The van der Waals surface area contributed by atoms with Gasteiger partial charge in [-0.2, -0.15) is 13.6 Å². The summed E-state index contributed by atoms with van der Waals surface area (Å²) in [7, 11) is -4.00. The highest BCUT2D eigenvalue weighted by Gasteiger charge is 2.57. The highest BCUT2D eigenvalue weighted by Crippen LogP contribution is 2.62. The van der Waals surface area contributed by atoms with Crippen molar-refractivity contribution >= 4 is 26.2 Å². The SMILES string of the molecule is C[C@]12CC[C@@H]3c4ccc(OS(N)(=O)=O)cc4CC[C@H]3[C@@H]1C[C@@H](CCCBr)[C@@H]2O. The summed E-state index contributed by atoms with van der Waals surface area (Å²) in [6.07, 6.45) is 7.32. The maximum absolute atomic E-state index is 11.2. The van der Waals surface area contributed by atoms with Crippen LogP contribution in [-0.2, 0) is 16.7 Å². The van der Waals surface area contributed by atoms with E-state index in [0.29, 0.717) is 29.4 Å². The van der Waals surface area contributed by atoms with Crippen LogP contribution in [0.4, 0.5) is 0 Å². The number of nitrogens with two attached hydrogens (primary N) is 1. The van der Waals surface area contributed by atoms with E-state index in [4.69, 9.17) is 9.32 Å². The summed E-state index contributed by atoms with van der Waals surface area (Å²) in [6.45, 7) is 2.31. The highest BCUT2D eigenvalue weighted by atomic mass is 79.9. The van der Waals surface area contributed by atoms with E-state index < -0.39 is 10.3 Å². The fourth-order valence-electron chi connectivity index (χ4n) is 6.51. The summed E-state index contributed by atoms with van der Waals surface area (Å²) in [4.78, 5) is 0. The molecule has 5 nitrogen and oxygen atoms in total. The van der Waals surface area contributed by atoms with Gasteiger partial charge < -0.3 is 9.29 Å². The second-order valence-electron chi connectivity index (χ2n) is 9.17. The largest absolute Gasteiger partial charge is 0.392 e. The maximum Gasteiger partial charge on any atom is 0.380 e. The van der Waals surface area contributed by atoms with E-state index in [1.807, 2.05) is 12.1 Å². The standard InChI is InChI=1S/C21H30BrNO4S/c1-21-9-8-17-16-7-5-15(27-28(23,25)26)11-13(16)4-6-18(17)19(21)12-14(20(21)24)3-2-10-22/h5,7,11,14,17-20,24H,2-4,6,8-10,12H2,1H3,(H2,23,25,26)/t14-,17-,18-,19+,20+,21+/m1/s1. The van der Waals surface area contributed by atoms with Gasteiger partial charge in [0.15, 0.2) is 0 Å². The molecule has 0 radical (unpaired) electrons. The molecule has 6 atom stereocenters. The minimum atomic E-state index is -4.00. The molecule has 3 N–H and O–H groups in total. The molecule has 0 saturated heterocycles. The lowest BCUT2D eigenvalue weighted by atomic mass is 9.55. The zero-order valence-electron chi connectivity index (χ0n) is 16.3. The molecule has 28 heavy (non-hydrogen) atoms. The normalized spacial score (nSPS) is 37.1. The van der Waals surface area contributed by atoms with E-state index in [-0.39, 0.29) is 11.5 Å². The Morgan fingerprint density at radius 2 is 2.14 bits per heavy atom. The van der Waals surface area contributed by atoms with E-state index >= 15 is 0 Å². The third-order valence-corrected chi connectivity index (χ3v) is 8.72. The van der Waals surface area contributed by atoms with Gasteiger partial charge in [0, 0.05) is 5.33 Å². The summed E-state index contributed by atoms with van der Waals surface area (Å²) in [5.41, 5.74) is 2.55. The lowest BCUT2D eigenvalue weighted by Crippen LogP contribution is -2.44. The number of halogens is 1. The second kappa shape index (κ2) is 7.56. The molecule has 0 bridgehead atoms. The summed E-state index contributed by atoms with van der Waals surface area (Å²) in [5, 5.41) is 17.1. The molecule has 1 aromatic rings. The molecule has 1 aromatic carbocycles. The van der Waals surface area contributed by atoms with Crippen LogP contribution in [0.2, 0.25) is 0 Å². The average molecular weight is 472 g/mol. The minimum Gasteiger partial charge on any atom is -0.392 e. The van der Waals surface area contributed by atoms with Crippen molar-refractivity contribution in [1.82, 2.24) is 0 Å². The maximum atomic E-state index is 11.2. The molecule has 0 aliphatic heterocycles. The molecule has 0 aromatic heterocycles. The van der Waals surface area contributed by atoms with E-state index in [0.717, 1.165) is 50.3 Å². The van der Waals surface area contributed by atoms with Crippen molar-refractivity contribution < 1.29 is 17.7 Å². The smallest absolute Gasteiger partial charge is 0.380 e. The number of alkyl halides is 1. The molecule has 0 heterocycles. The van der Waals surface area contributed by atoms with Crippen LogP contribution < -0.4 is 9.32 Å². The van der Waals surface area contributed by atoms with Crippen molar-refractivity contribution in [3.8, 4) is 5.75 Å². The summed E-state index contributed by atoms with van der Waals surface area (Å²) < 4.78 is 27.3. The first-order valence-electron chi connectivity index (χ1n) is 10.3. The zero-order valence-corrected chi connectivity index (χ0v) is 18.7. The van der Waals surface area contributed by atoms with Gasteiger partial charge in [-0.05, 0) is 97.3 Å². The van der Waals surface area contributed by atoms with E-state index in [9.17, 15) is 13.5 Å². The molecular formula is C21H30BrNO4S. The monoisotopic (exact) mass is 471 g/mol. The van der Waals surface area contributed by atoms with Crippen LogP contribution in [0.25, 0.3) is 0 Å². The Kier molecular flexibility index (Phi) is 5.57. The van der Waals surface area contributed by atoms with Gasteiger partial charge in [-0.25, -0.2) is 0 Å². The Bertz CT molecular complexity index is 845. The number of benzene rings is 1. The van der Waals surface area contributed by atoms with Gasteiger partial charge in [0.25, 0.3) is 0 Å². The van der Waals surface area contributed by atoms with Crippen LogP contribution >= 0.6 is 15.9 Å². The molecule has 156 valence electrons. The Hall–Kier alpha value is -0.630. The van der Waals surface area contributed by atoms with Crippen molar-refractivity contribution in [2.24, 2.45) is 28.3 Å². The molecule has 0 amide bonds. The summed E-state index contributed by atoms with van der Waals surface area (Å²) >= 11 is 3.53. The Morgan fingerprint density at radius 3 is 2.86 bits per heavy atom. The van der Waals surface area contributed by atoms with Crippen molar-refractivity contribution in [3.05, 3.63) is 29.3 Å². The van der Waals surface area contributed by atoms with E-state index in [1.54, 1.807) is 6.07 Å². The zero-order chi connectivity index (χ0) is 20.1. The summed E-state index contributed by atoms with van der Waals surface area (Å²) in [6, 6.07) is 5.59. The quantitative estimate of drug-likeness (QED) is 0.637. The van der Waals surface area contributed by atoms with Crippen molar-refractivity contribution in [2.45, 2.75) is 63.9 Å². The second-order valence-corrected chi connectivity index (χ2v) is 11.1. The Balaban J connectivity index is 1.58. The van der Waals surface area contributed by atoms with Gasteiger partial charge in [-0.3, -0.25) is 0 Å². The molecule has 2 fully saturated rings. The predicted molar refractivity (Wildman–Crippen MR) is 113 cm³/mol. The number of fused-ring (bicyclic) bond motifs is 5. The molecule has 0 spiro atoms. The van der Waals surface area contributed by atoms with Gasteiger partial charge >= 0.3 is 10.3 Å². The number of hydrogen-bond acceptors (Lipinski definition) is 4. The van der Waals surface area contributed by atoms with Crippen molar-refractivity contribution in [2.75, 3.05) is 5.33 Å². The molecule has 3 aliphatic rings. The van der Waals surface area contributed by atoms with E-state index in [2.05, 4.69) is 22.9 Å². The molecular weight excluding hydrogens is 442 g/mol. The first-order valence-corrected chi connectivity index (χ1v) is 12.9. The van der Waals surface area contributed by atoms with Gasteiger partial charge in [-0.1, -0.05) is 28.9 Å². The highest BCUT2D eigenvalue weighted by molar-refractivity contribution is 9.09. The van der Waals surface area contributed by atoms with Crippen molar-refractivity contribution in [3.63, 3.8) is 0 Å². The van der Waals surface area contributed by atoms with Crippen LogP contribution in [0, 0.1) is 23.2 Å². The molecule has 2 saturated carbocycles. The third kappa shape index (κ3) is 3.64. The van der Waals surface area contributed by atoms with Gasteiger partial charge in [0.05, 0.1) is 6.10 Å². The third-order valence-electron chi connectivity index (χ3n) is 7.74. The fourth-order valence-corrected chi connectivity index (χ4v) is 7.21. The fraction of sp³-hybridized carbons (Fsp3) is 0.714. The lowest BCUT2D eigenvalue weighted by molar-refractivity contribution is -0.0333. The van der Waals surface area contributed by atoms with Crippen LogP contribution in [-0.4, -0.2) is 25.0 Å². The number of aryl methyl sites for hydroxylation is 1. The first kappa shape index (κ1) is 20.6. The van der Waals surface area contributed by atoms with Gasteiger partial charge in [-0.15, -0.1) is 0 Å². The first-order chi connectivity index (χ1) is 13.2. The lowest BCUT2D eigenvalue weighted by Gasteiger charge is -2.50. The minimum absolute atomic E-state index is 0.0341. The Morgan fingerprint density at radius 1 is 1.36 bits per heavy atom. The topological polar surface area (TPSA) is 89.6 Å². The molecule has 0 unspecified atom stereocenters. The van der Waals surface area contributed by atoms with Gasteiger partial charge in [0.1, 0.15) is 5.75 Å². The molecule has 7 heteroatoms. The van der Waals surface area contributed by atoms with Crippen LogP contribution in [0.1, 0.15) is 62.5 Å².